The molecule has 2 unspecified atom stereocenters. The summed E-state index contributed by atoms with van der Waals surface area (Å²) in [4.78, 5) is 6.68. The number of hydrogen-bond acceptors (Lipinski definition) is 4. The second-order valence-corrected chi connectivity index (χ2v) is 6.94. The van der Waals surface area contributed by atoms with Crippen LogP contribution < -0.4 is 0 Å². The highest BCUT2D eigenvalue weighted by Crippen LogP contribution is 2.30. The van der Waals surface area contributed by atoms with Crippen molar-refractivity contribution in [2.75, 3.05) is 6.54 Å². The normalized spacial score (nSPS) is 18.9. The van der Waals surface area contributed by atoms with E-state index in [0.717, 1.165) is 42.8 Å². The first-order valence-corrected chi connectivity index (χ1v) is 9.21. The fourth-order valence-corrected chi connectivity index (χ4v) is 3.85. The topological polar surface area (TPSA) is 65.0 Å². The Morgan fingerprint density at radius 3 is 2.85 bits per heavy atom. The smallest absolute Gasteiger partial charge is 0.0805 e. The van der Waals surface area contributed by atoms with Crippen LogP contribution in [-0.4, -0.2) is 37.8 Å². The van der Waals surface area contributed by atoms with Gasteiger partial charge in [0.25, 0.3) is 0 Å². The molecule has 0 saturated carbocycles. The van der Waals surface area contributed by atoms with E-state index in [1.807, 2.05) is 54.9 Å². The molecule has 1 aliphatic rings. The van der Waals surface area contributed by atoms with Crippen molar-refractivity contribution in [3.63, 3.8) is 0 Å². The summed E-state index contributed by atoms with van der Waals surface area (Å²) < 4.78 is 0. The zero-order chi connectivity index (χ0) is 17.8. The van der Waals surface area contributed by atoms with Gasteiger partial charge in [-0.15, -0.1) is 0 Å². The van der Waals surface area contributed by atoms with Gasteiger partial charge < -0.3 is 5.11 Å². The SMILES string of the molecule is OC(CC1CCCN1Cc1cn[nH]c1-c1cccnc1)c1ccccc1. The van der Waals surface area contributed by atoms with E-state index in [1.165, 1.54) is 12.0 Å². The van der Waals surface area contributed by atoms with Crippen molar-refractivity contribution in [3.8, 4) is 11.3 Å². The molecule has 3 aromatic rings. The number of likely N-dealkylation sites (tertiary alicyclic amines) is 1. The zero-order valence-electron chi connectivity index (χ0n) is 14.8. The van der Waals surface area contributed by atoms with Crippen LogP contribution in [0.1, 0.15) is 36.5 Å². The third-order valence-corrected chi connectivity index (χ3v) is 5.22. The van der Waals surface area contributed by atoms with Crippen molar-refractivity contribution >= 4 is 0 Å². The van der Waals surface area contributed by atoms with Crippen LogP contribution in [0.5, 0.6) is 0 Å². The minimum atomic E-state index is -0.413. The first-order chi connectivity index (χ1) is 12.8. The van der Waals surface area contributed by atoms with Gasteiger partial charge in [0, 0.05) is 36.1 Å². The zero-order valence-corrected chi connectivity index (χ0v) is 14.8. The number of hydrogen-bond donors (Lipinski definition) is 2. The third kappa shape index (κ3) is 3.69. The maximum Gasteiger partial charge on any atom is 0.0805 e. The lowest BCUT2D eigenvalue weighted by Crippen LogP contribution is -2.30. The second kappa shape index (κ2) is 7.81. The molecule has 5 heteroatoms. The van der Waals surface area contributed by atoms with Crippen molar-refractivity contribution in [1.29, 1.82) is 0 Å². The standard InChI is InChI=1S/C21H24N4O/c26-20(16-6-2-1-3-7-16)12-19-9-5-11-25(19)15-18-14-23-24-21(18)17-8-4-10-22-13-17/h1-4,6-8,10,13-14,19-20,26H,5,9,11-12,15H2,(H,23,24). The predicted octanol–water partition coefficient (Wildman–Crippen LogP) is 3.56. The summed E-state index contributed by atoms with van der Waals surface area (Å²) in [7, 11) is 0. The van der Waals surface area contributed by atoms with E-state index in [1.54, 1.807) is 6.20 Å². The summed E-state index contributed by atoms with van der Waals surface area (Å²) in [6.45, 7) is 1.90. The Balaban J connectivity index is 1.46. The molecule has 2 aromatic heterocycles. The molecular formula is C21H24N4O. The van der Waals surface area contributed by atoms with E-state index in [-0.39, 0.29) is 0 Å². The molecule has 26 heavy (non-hydrogen) atoms. The van der Waals surface area contributed by atoms with E-state index in [9.17, 15) is 5.11 Å². The Morgan fingerprint density at radius 2 is 2.04 bits per heavy atom. The molecule has 2 N–H and O–H groups in total. The van der Waals surface area contributed by atoms with Crippen LogP contribution >= 0.6 is 0 Å². The summed E-state index contributed by atoms with van der Waals surface area (Å²) in [6.07, 6.45) is 8.20. The molecule has 0 radical (unpaired) electrons. The van der Waals surface area contributed by atoms with Gasteiger partial charge in [-0.25, -0.2) is 0 Å². The molecule has 1 aromatic carbocycles. The van der Waals surface area contributed by atoms with E-state index in [0.29, 0.717) is 6.04 Å². The molecule has 1 fully saturated rings. The number of aromatic nitrogens is 3. The monoisotopic (exact) mass is 348 g/mol. The molecule has 5 nitrogen and oxygen atoms in total. The molecule has 2 atom stereocenters. The molecule has 1 aliphatic heterocycles. The first kappa shape index (κ1) is 16.9. The van der Waals surface area contributed by atoms with Gasteiger partial charge in [-0.1, -0.05) is 30.3 Å². The van der Waals surface area contributed by atoms with Gasteiger partial charge in [-0.05, 0) is 43.5 Å². The fourth-order valence-electron chi connectivity index (χ4n) is 3.85. The number of pyridine rings is 1. The average Bonchev–Trinajstić information content (AvgIpc) is 3.33. The minimum absolute atomic E-state index is 0.391. The molecular weight excluding hydrogens is 324 g/mol. The molecule has 0 aliphatic carbocycles. The van der Waals surface area contributed by atoms with E-state index in [4.69, 9.17) is 0 Å². The van der Waals surface area contributed by atoms with E-state index >= 15 is 0 Å². The lowest BCUT2D eigenvalue weighted by atomic mass is 10.00. The van der Waals surface area contributed by atoms with E-state index in [2.05, 4.69) is 20.1 Å². The molecule has 4 rings (SSSR count). The lowest BCUT2D eigenvalue weighted by Gasteiger charge is -2.26. The number of aliphatic hydroxyl groups is 1. The summed E-state index contributed by atoms with van der Waals surface area (Å²) in [6, 6.07) is 14.3. The minimum Gasteiger partial charge on any atom is -0.388 e. The maximum atomic E-state index is 10.6. The number of aromatic amines is 1. The van der Waals surface area contributed by atoms with Crippen LogP contribution in [0, 0.1) is 0 Å². The number of H-pyrrole nitrogens is 1. The van der Waals surface area contributed by atoms with Gasteiger partial charge >= 0.3 is 0 Å². The molecule has 0 bridgehead atoms. The third-order valence-electron chi connectivity index (χ3n) is 5.22. The average molecular weight is 348 g/mol. The Kier molecular flexibility index (Phi) is 5.09. The van der Waals surface area contributed by atoms with Crippen molar-refractivity contribution < 1.29 is 5.11 Å². The number of benzene rings is 1. The Morgan fingerprint density at radius 1 is 1.15 bits per heavy atom. The Hall–Kier alpha value is -2.50. The lowest BCUT2D eigenvalue weighted by molar-refractivity contribution is 0.118. The Labute approximate surface area is 153 Å². The maximum absolute atomic E-state index is 10.6. The van der Waals surface area contributed by atoms with Crippen LogP contribution in [0.2, 0.25) is 0 Å². The fraction of sp³-hybridized carbons (Fsp3) is 0.333. The first-order valence-electron chi connectivity index (χ1n) is 9.21. The predicted molar refractivity (Wildman–Crippen MR) is 101 cm³/mol. The number of rotatable bonds is 6. The summed E-state index contributed by atoms with van der Waals surface area (Å²) >= 11 is 0. The van der Waals surface area contributed by atoms with E-state index < -0.39 is 6.10 Å². The van der Waals surface area contributed by atoms with Gasteiger partial charge in [0.2, 0.25) is 0 Å². The Bertz CT molecular complexity index is 818. The summed E-state index contributed by atoms with van der Waals surface area (Å²) in [5, 5.41) is 18.0. The van der Waals surface area contributed by atoms with Gasteiger partial charge in [0.15, 0.2) is 0 Å². The quantitative estimate of drug-likeness (QED) is 0.715. The van der Waals surface area contributed by atoms with Gasteiger partial charge in [-0.2, -0.15) is 5.10 Å². The highest BCUT2D eigenvalue weighted by Gasteiger charge is 2.28. The van der Waals surface area contributed by atoms with Crippen LogP contribution in [0.3, 0.4) is 0 Å². The number of aliphatic hydroxyl groups excluding tert-OH is 1. The van der Waals surface area contributed by atoms with Gasteiger partial charge in [0.05, 0.1) is 18.0 Å². The molecule has 1 saturated heterocycles. The second-order valence-electron chi connectivity index (χ2n) is 6.94. The largest absolute Gasteiger partial charge is 0.388 e. The molecule has 134 valence electrons. The summed E-state index contributed by atoms with van der Waals surface area (Å²) in [5.41, 5.74) is 4.27. The molecule has 3 heterocycles. The number of nitrogens with one attached hydrogen (secondary N) is 1. The van der Waals surface area contributed by atoms with Crippen molar-refractivity contribution in [2.24, 2.45) is 0 Å². The van der Waals surface area contributed by atoms with Crippen molar-refractivity contribution in [2.45, 2.75) is 38.0 Å². The summed E-state index contributed by atoms with van der Waals surface area (Å²) in [5.74, 6) is 0. The number of nitrogens with zero attached hydrogens (tertiary/aromatic N) is 3. The van der Waals surface area contributed by atoms with Crippen molar-refractivity contribution in [3.05, 3.63) is 72.2 Å². The van der Waals surface area contributed by atoms with Crippen LogP contribution in [-0.2, 0) is 6.54 Å². The molecule has 0 amide bonds. The molecule has 0 spiro atoms. The van der Waals surface area contributed by atoms with Crippen LogP contribution in [0.4, 0.5) is 0 Å². The van der Waals surface area contributed by atoms with Gasteiger partial charge in [0.1, 0.15) is 0 Å². The van der Waals surface area contributed by atoms with Crippen LogP contribution in [0.25, 0.3) is 11.3 Å². The van der Waals surface area contributed by atoms with Crippen LogP contribution in [0.15, 0.2) is 61.1 Å². The van der Waals surface area contributed by atoms with Gasteiger partial charge in [-0.3, -0.25) is 15.0 Å². The highest BCUT2D eigenvalue weighted by molar-refractivity contribution is 5.61. The van der Waals surface area contributed by atoms with Crippen molar-refractivity contribution in [1.82, 2.24) is 20.1 Å². The highest BCUT2D eigenvalue weighted by atomic mass is 16.3.